The quantitative estimate of drug-likeness (QED) is 0.0707. The van der Waals surface area contributed by atoms with Gasteiger partial charge in [0.1, 0.15) is 47.2 Å². The second-order valence-corrected chi connectivity index (χ2v) is 11.6. The first-order valence-electron chi connectivity index (χ1n) is 16.7. The zero-order valence-corrected chi connectivity index (χ0v) is 28.5. The van der Waals surface area contributed by atoms with Crippen molar-refractivity contribution >= 4 is 50.8 Å². The van der Waals surface area contributed by atoms with E-state index in [4.69, 9.17) is 41.7 Å². The summed E-state index contributed by atoms with van der Waals surface area (Å²) < 4.78 is 48.3. The molecule has 0 radical (unpaired) electrons. The number of hydrogen-bond acceptors (Lipinski definition) is 15. The molecule has 0 N–H and O–H groups in total. The summed E-state index contributed by atoms with van der Waals surface area (Å²) in [6.45, 7) is -1.09. The molecule has 0 aliphatic rings. The third kappa shape index (κ3) is 10.6. The summed E-state index contributed by atoms with van der Waals surface area (Å²) in [7, 11) is 0. The van der Waals surface area contributed by atoms with Gasteiger partial charge >= 0.3 is 34.8 Å². The molecule has 3 aromatic carbocycles. The standard InChI is InChI=1S/C39H32O15/c40-34(13-16-46-27-7-1-24-4-10-36(42)52-31(24)19-27)49-22-30(51-39(45)15-18-48-29-9-3-26-6-12-38(44)54-33(26)21-29)23-50-35(41)14-17-47-28-8-2-25-5-11-37(43)53-32(25)20-28/h1-12,19-21,30H,13-18,22-23H2. The van der Waals surface area contributed by atoms with Crippen LogP contribution >= 0.6 is 0 Å². The van der Waals surface area contributed by atoms with Crippen LogP contribution in [0.2, 0.25) is 0 Å². The predicted molar refractivity (Wildman–Crippen MR) is 190 cm³/mol. The van der Waals surface area contributed by atoms with E-state index in [0.717, 1.165) is 0 Å². The Bertz CT molecular complexity index is 2340. The molecule has 54 heavy (non-hydrogen) atoms. The molecular weight excluding hydrogens is 708 g/mol. The van der Waals surface area contributed by atoms with Gasteiger partial charge in [0.25, 0.3) is 0 Å². The van der Waals surface area contributed by atoms with E-state index in [-0.39, 0.29) is 39.1 Å². The maximum absolute atomic E-state index is 12.7. The van der Waals surface area contributed by atoms with E-state index in [1.54, 1.807) is 54.6 Å². The Hall–Kier alpha value is -6.90. The first-order valence-corrected chi connectivity index (χ1v) is 16.7. The van der Waals surface area contributed by atoms with Crippen LogP contribution in [-0.2, 0) is 28.6 Å². The monoisotopic (exact) mass is 740 g/mol. The Morgan fingerprint density at radius 2 is 0.796 bits per heavy atom. The second kappa shape index (κ2) is 17.5. The van der Waals surface area contributed by atoms with Gasteiger partial charge in [0.2, 0.25) is 0 Å². The highest BCUT2D eigenvalue weighted by Crippen LogP contribution is 2.22. The van der Waals surface area contributed by atoms with Crippen LogP contribution in [0.3, 0.4) is 0 Å². The molecule has 15 nitrogen and oxygen atoms in total. The summed E-state index contributed by atoms with van der Waals surface area (Å²) in [5, 5.41) is 2.09. The van der Waals surface area contributed by atoms with Crippen molar-refractivity contribution in [3.8, 4) is 17.2 Å². The zero-order chi connectivity index (χ0) is 37.9. The SMILES string of the molecule is O=C(CCOc1ccc2ccc(=O)oc2c1)OCC(COC(=O)CCOc1ccc2ccc(=O)oc2c1)OC(=O)CCOc1ccc2ccc(=O)oc2c1. The molecule has 0 fully saturated rings. The average molecular weight is 741 g/mol. The van der Waals surface area contributed by atoms with Gasteiger partial charge in [0, 0.05) is 52.6 Å². The van der Waals surface area contributed by atoms with Crippen LogP contribution in [0, 0.1) is 0 Å². The number of hydrogen-bond donors (Lipinski definition) is 0. The van der Waals surface area contributed by atoms with Gasteiger partial charge in [-0.25, -0.2) is 14.4 Å². The van der Waals surface area contributed by atoms with Crippen LogP contribution in [0.25, 0.3) is 32.9 Å². The number of ether oxygens (including phenoxy) is 6. The lowest BCUT2D eigenvalue weighted by molar-refractivity contribution is -0.167. The third-order valence-corrected chi connectivity index (χ3v) is 7.67. The minimum atomic E-state index is -1.16. The fourth-order valence-corrected chi connectivity index (χ4v) is 5.03. The van der Waals surface area contributed by atoms with Gasteiger partial charge in [-0.05, 0) is 54.6 Å². The molecule has 3 heterocycles. The van der Waals surface area contributed by atoms with Crippen molar-refractivity contribution in [2.45, 2.75) is 25.4 Å². The molecule has 0 aliphatic carbocycles. The first kappa shape index (κ1) is 36.9. The highest BCUT2D eigenvalue weighted by atomic mass is 16.6. The predicted octanol–water partition coefficient (Wildman–Crippen LogP) is 4.71. The van der Waals surface area contributed by atoms with Gasteiger partial charge in [-0.3, -0.25) is 14.4 Å². The normalized spacial score (nSPS) is 11.1. The van der Waals surface area contributed by atoms with Crippen molar-refractivity contribution in [1.82, 2.24) is 0 Å². The number of esters is 3. The molecule has 0 saturated carbocycles. The zero-order valence-electron chi connectivity index (χ0n) is 28.5. The van der Waals surface area contributed by atoms with Gasteiger partial charge in [-0.1, -0.05) is 0 Å². The van der Waals surface area contributed by atoms with Crippen LogP contribution in [0.1, 0.15) is 19.3 Å². The summed E-state index contributed by atoms with van der Waals surface area (Å²) in [4.78, 5) is 72.4. The molecule has 0 unspecified atom stereocenters. The largest absolute Gasteiger partial charge is 0.493 e. The van der Waals surface area contributed by atoms with E-state index in [1.807, 2.05) is 0 Å². The summed E-state index contributed by atoms with van der Waals surface area (Å²) in [5.74, 6) is -0.988. The molecule has 3 aromatic heterocycles. The van der Waals surface area contributed by atoms with Crippen molar-refractivity contribution in [1.29, 1.82) is 0 Å². The smallest absolute Gasteiger partial charge is 0.336 e. The van der Waals surface area contributed by atoms with Gasteiger partial charge < -0.3 is 41.7 Å². The summed E-state index contributed by atoms with van der Waals surface area (Å²) in [5.41, 5.74) is -0.564. The van der Waals surface area contributed by atoms with E-state index in [0.29, 0.717) is 50.2 Å². The highest BCUT2D eigenvalue weighted by molar-refractivity contribution is 5.79. The lowest BCUT2D eigenvalue weighted by Crippen LogP contribution is -2.31. The third-order valence-electron chi connectivity index (χ3n) is 7.67. The Morgan fingerprint density at radius 1 is 0.463 bits per heavy atom. The van der Waals surface area contributed by atoms with Crippen LogP contribution in [0.4, 0.5) is 0 Å². The topological polar surface area (TPSA) is 197 Å². The first-order chi connectivity index (χ1) is 26.2. The van der Waals surface area contributed by atoms with Crippen LogP contribution < -0.4 is 31.1 Å². The number of benzene rings is 3. The minimum Gasteiger partial charge on any atom is -0.493 e. The van der Waals surface area contributed by atoms with Gasteiger partial charge in [0.05, 0.1) is 39.1 Å². The maximum atomic E-state index is 12.7. The highest BCUT2D eigenvalue weighted by Gasteiger charge is 2.20. The van der Waals surface area contributed by atoms with Crippen molar-refractivity contribution in [3.05, 3.63) is 122 Å². The lowest BCUT2D eigenvalue weighted by atomic mass is 10.2. The summed E-state index contributed by atoms with van der Waals surface area (Å²) in [6, 6.07) is 23.4. The van der Waals surface area contributed by atoms with E-state index in [9.17, 15) is 28.8 Å². The molecule has 0 bridgehead atoms. The molecule has 0 amide bonds. The Morgan fingerprint density at radius 3 is 1.17 bits per heavy atom. The fourth-order valence-electron chi connectivity index (χ4n) is 5.03. The average Bonchev–Trinajstić information content (AvgIpc) is 3.15. The molecule has 15 heteroatoms. The van der Waals surface area contributed by atoms with Gasteiger partial charge in [-0.15, -0.1) is 0 Å². The van der Waals surface area contributed by atoms with Crippen molar-refractivity contribution < 1.29 is 56.1 Å². The molecular formula is C39H32O15. The maximum Gasteiger partial charge on any atom is 0.336 e. The van der Waals surface area contributed by atoms with Crippen molar-refractivity contribution in [3.63, 3.8) is 0 Å². The number of fused-ring (bicyclic) bond motifs is 3. The minimum absolute atomic E-state index is 0.0697. The van der Waals surface area contributed by atoms with E-state index >= 15 is 0 Å². The Kier molecular flexibility index (Phi) is 12.0. The molecule has 6 aromatic rings. The van der Waals surface area contributed by atoms with Gasteiger partial charge in [0.15, 0.2) is 6.10 Å². The van der Waals surface area contributed by atoms with E-state index in [2.05, 4.69) is 0 Å². The fraction of sp³-hybridized carbons (Fsp3) is 0.231. The van der Waals surface area contributed by atoms with Crippen LogP contribution in [-0.4, -0.2) is 57.0 Å². The Balaban J connectivity index is 0.984. The molecule has 0 atom stereocenters. The molecule has 0 saturated heterocycles. The number of rotatable bonds is 17. The van der Waals surface area contributed by atoms with Crippen LogP contribution in [0.15, 0.2) is 119 Å². The number of carbonyl (C=O) groups excluding carboxylic acids is 3. The Labute approximate surface area is 304 Å². The second-order valence-electron chi connectivity index (χ2n) is 11.6. The summed E-state index contributed by atoms with van der Waals surface area (Å²) in [6.07, 6.45) is -1.72. The lowest BCUT2D eigenvalue weighted by Gasteiger charge is -2.18. The van der Waals surface area contributed by atoms with Crippen molar-refractivity contribution in [2.24, 2.45) is 0 Å². The molecule has 0 aliphatic heterocycles. The molecule has 0 spiro atoms. The molecule has 6 rings (SSSR count). The van der Waals surface area contributed by atoms with Crippen molar-refractivity contribution in [2.75, 3.05) is 33.0 Å². The van der Waals surface area contributed by atoms with E-state index in [1.165, 1.54) is 36.4 Å². The van der Waals surface area contributed by atoms with Crippen LogP contribution in [0.5, 0.6) is 17.2 Å². The van der Waals surface area contributed by atoms with E-state index < -0.39 is 54.1 Å². The van der Waals surface area contributed by atoms with Gasteiger partial charge in [-0.2, -0.15) is 0 Å². The molecule has 278 valence electrons. The summed E-state index contributed by atoms with van der Waals surface area (Å²) >= 11 is 0. The number of carbonyl (C=O) groups is 3.